The van der Waals surface area contributed by atoms with Gasteiger partial charge in [0.25, 0.3) is 0 Å². The number of nitrogen functional groups attached to an aromatic ring is 1. The first-order chi connectivity index (χ1) is 7.58. The molecule has 1 amide bonds. The zero-order valence-electron chi connectivity index (χ0n) is 9.03. The topological polar surface area (TPSA) is 58.4 Å². The summed E-state index contributed by atoms with van der Waals surface area (Å²) >= 11 is 2.21. The maximum Gasteiger partial charge on any atom is 0.244 e. The van der Waals surface area contributed by atoms with Crippen LogP contribution in [0.1, 0.15) is 6.42 Å². The highest BCUT2D eigenvalue weighted by atomic mass is 127. The van der Waals surface area contributed by atoms with Crippen LogP contribution >= 0.6 is 22.6 Å². The molecule has 4 nitrogen and oxygen atoms in total. The van der Waals surface area contributed by atoms with E-state index in [9.17, 15) is 4.79 Å². The molecule has 1 aliphatic heterocycles. The number of amides is 1. The van der Waals surface area contributed by atoms with E-state index in [4.69, 9.17) is 5.73 Å². The molecule has 2 rings (SSSR count). The van der Waals surface area contributed by atoms with E-state index in [2.05, 4.69) is 27.9 Å². The van der Waals surface area contributed by atoms with Crippen LogP contribution in [0.15, 0.2) is 18.2 Å². The second-order valence-electron chi connectivity index (χ2n) is 3.98. The minimum Gasteiger partial charge on any atom is -0.397 e. The van der Waals surface area contributed by atoms with Crippen LogP contribution in [-0.2, 0) is 4.79 Å². The van der Waals surface area contributed by atoms with Crippen LogP contribution in [0.3, 0.4) is 0 Å². The van der Waals surface area contributed by atoms with Crippen molar-refractivity contribution in [3.8, 4) is 0 Å². The molecule has 16 heavy (non-hydrogen) atoms. The maximum atomic E-state index is 11.7. The number of likely N-dealkylation sites (tertiary alicyclic amines) is 1. The van der Waals surface area contributed by atoms with Gasteiger partial charge in [-0.1, -0.05) is 0 Å². The van der Waals surface area contributed by atoms with Crippen molar-refractivity contribution in [3.63, 3.8) is 0 Å². The van der Waals surface area contributed by atoms with E-state index < -0.39 is 0 Å². The molecule has 1 aliphatic rings. The first kappa shape index (κ1) is 11.5. The van der Waals surface area contributed by atoms with E-state index in [-0.39, 0.29) is 11.9 Å². The number of carbonyl (C=O) groups is 1. The lowest BCUT2D eigenvalue weighted by Gasteiger charge is -2.15. The third-order valence-electron chi connectivity index (χ3n) is 2.77. The number of nitrogens with one attached hydrogen (secondary N) is 1. The monoisotopic (exact) mass is 331 g/mol. The zero-order chi connectivity index (χ0) is 11.7. The molecule has 1 saturated heterocycles. The molecule has 5 heteroatoms. The number of hydrogen-bond acceptors (Lipinski definition) is 3. The van der Waals surface area contributed by atoms with Gasteiger partial charge in [-0.2, -0.15) is 0 Å². The Bertz CT molecular complexity index is 422. The molecule has 1 fully saturated rings. The average Bonchev–Trinajstić information content (AvgIpc) is 2.54. The van der Waals surface area contributed by atoms with Gasteiger partial charge in [0.05, 0.1) is 11.4 Å². The molecule has 3 N–H and O–H groups in total. The second-order valence-corrected chi connectivity index (χ2v) is 5.22. The van der Waals surface area contributed by atoms with Crippen molar-refractivity contribution in [2.24, 2.45) is 0 Å². The molecule has 0 aromatic heterocycles. The molecule has 0 spiro atoms. The van der Waals surface area contributed by atoms with Gasteiger partial charge in [0.15, 0.2) is 0 Å². The highest BCUT2D eigenvalue weighted by molar-refractivity contribution is 14.1. The van der Waals surface area contributed by atoms with Crippen molar-refractivity contribution < 1.29 is 4.79 Å². The number of hydrogen-bond donors (Lipinski definition) is 2. The molecule has 1 atom stereocenters. The molecular formula is C11H14IN3O. The Balaban J connectivity index is 2.12. The fourth-order valence-corrected chi connectivity index (χ4v) is 2.32. The van der Waals surface area contributed by atoms with Crippen LogP contribution < -0.4 is 11.1 Å². The smallest absolute Gasteiger partial charge is 0.244 e. The summed E-state index contributed by atoms with van der Waals surface area (Å²) in [5.41, 5.74) is 7.42. The van der Waals surface area contributed by atoms with Crippen LogP contribution in [0.25, 0.3) is 0 Å². The van der Waals surface area contributed by atoms with Gasteiger partial charge < -0.3 is 16.0 Å². The van der Waals surface area contributed by atoms with Crippen molar-refractivity contribution in [2.45, 2.75) is 12.5 Å². The van der Waals surface area contributed by atoms with Gasteiger partial charge in [-0.25, -0.2) is 0 Å². The fourth-order valence-electron chi connectivity index (χ4n) is 1.81. The number of anilines is 2. The summed E-state index contributed by atoms with van der Waals surface area (Å²) in [4.78, 5) is 13.4. The summed E-state index contributed by atoms with van der Waals surface area (Å²) in [6.45, 7) is 0.806. The lowest BCUT2D eigenvalue weighted by atomic mass is 10.2. The Labute approximate surface area is 108 Å². The normalized spacial score (nSPS) is 20.2. The third kappa shape index (κ3) is 2.23. The Morgan fingerprint density at radius 1 is 1.56 bits per heavy atom. The molecule has 1 unspecified atom stereocenters. The maximum absolute atomic E-state index is 11.7. The predicted molar refractivity (Wildman–Crippen MR) is 73.2 cm³/mol. The zero-order valence-corrected chi connectivity index (χ0v) is 11.2. The van der Waals surface area contributed by atoms with Crippen molar-refractivity contribution in [1.82, 2.24) is 4.90 Å². The van der Waals surface area contributed by atoms with Gasteiger partial charge in [-0.05, 0) is 47.2 Å². The highest BCUT2D eigenvalue weighted by Gasteiger charge is 2.28. The predicted octanol–water partition coefficient (Wildman–Crippen LogP) is 1.52. The number of nitrogens with zero attached hydrogens (tertiary/aromatic N) is 1. The quantitative estimate of drug-likeness (QED) is 0.638. The summed E-state index contributed by atoms with van der Waals surface area (Å²) in [6, 6.07) is 5.66. The van der Waals surface area contributed by atoms with Crippen LogP contribution in [0, 0.1) is 3.57 Å². The number of halogens is 1. The van der Waals surface area contributed by atoms with Crippen LogP contribution in [-0.4, -0.2) is 30.4 Å². The minimum atomic E-state index is -0.132. The number of rotatable bonds is 2. The largest absolute Gasteiger partial charge is 0.397 e. The molecule has 1 aromatic carbocycles. The molecule has 86 valence electrons. The second kappa shape index (κ2) is 4.48. The summed E-state index contributed by atoms with van der Waals surface area (Å²) in [7, 11) is 1.82. The summed E-state index contributed by atoms with van der Waals surface area (Å²) in [5, 5.41) is 3.20. The van der Waals surface area contributed by atoms with E-state index in [1.807, 2.05) is 25.2 Å². The van der Waals surface area contributed by atoms with E-state index in [0.717, 1.165) is 22.2 Å². The highest BCUT2D eigenvalue weighted by Crippen LogP contribution is 2.23. The van der Waals surface area contributed by atoms with E-state index >= 15 is 0 Å². The molecule has 0 bridgehead atoms. The number of carbonyl (C=O) groups excluding carboxylic acids is 1. The fraction of sp³-hybridized carbons (Fsp3) is 0.364. The van der Waals surface area contributed by atoms with Crippen molar-refractivity contribution >= 4 is 39.9 Å². The van der Waals surface area contributed by atoms with E-state index in [0.29, 0.717) is 5.69 Å². The van der Waals surface area contributed by atoms with Crippen LogP contribution in [0.4, 0.5) is 11.4 Å². The van der Waals surface area contributed by atoms with Gasteiger partial charge in [0, 0.05) is 17.2 Å². The SMILES string of the molecule is CN1CCC(Nc2ccc(I)cc2N)C1=O. The molecular weight excluding hydrogens is 317 g/mol. The van der Waals surface area contributed by atoms with E-state index in [1.54, 1.807) is 4.90 Å². The van der Waals surface area contributed by atoms with Crippen molar-refractivity contribution in [2.75, 3.05) is 24.6 Å². The Kier molecular flexibility index (Phi) is 3.22. The lowest BCUT2D eigenvalue weighted by Crippen LogP contribution is -2.31. The molecule has 0 radical (unpaired) electrons. The molecule has 1 heterocycles. The van der Waals surface area contributed by atoms with Gasteiger partial charge in [-0.15, -0.1) is 0 Å². The average molecular weight is 331 g/mol. The summed E-state index contributed by atoms with van der Waals surface area (Å²) in [5.74, 6) is 0.137. The third-order valence-corrected chi connectivity index (χ3v) is 3.44. The Morgan fingerprint density at radius 3 is 2.88 bits per heavy atom. The van der Waals surface area contributed by atoms with Crippen molar-refractivity contribution in [3.05, 3.63) is 21.8 Å². The summed E-state index contributed by atoms with van der Waals surface area (Å²) < 4.78 is 1.09. The van der Waals surface area contributed by atoms with E-state index in [1.165, 1.54) is 0 Å². The van der Waals surface area contributed by atoms with Crippen molar-refractivity contribution in [1.29, 1.82) is 0 Å². The van der Waals surface area contributed by atoms with Gasteiger partial charge in [0.1, 0.15) is 6.04 Å². The molecule has 0 saturated carbocycles. The van der Waals surface area contributed by atoms with Gasteiger partial charge in [0.2, 0.25) is 5.91 Å². The number of likely N-dealkylation sites (N-methyl/N-ethyl adjacent to an activating group) is 1. The standard InChI is InChI=1S/C11H14IN3O/c1-15-5-4-10(11(15)16)14-9-3-2-7(12)6-8(9)13/h2-3,6,10,14H,4-5,13H2,1H3. The van der Waals surface area contributed by atoms with Crippen LogP contribution in [0.5, 0.6) is 0 Å². The lowest BCUT2D eigenvalue weighted by molar-refractivity contribution is -0.127. The molecule has 0 aliphatic carbocycles. The van der Waals surface area contributed by atoms with Crippen LogP contribution in [0.2, 0.25) is 0 Å². The number of nitrogens with two attached hydrogens (primary N) is 1. The number of benzene rings is 1. The Hall–Kier alpha value is -0.980. The van der Waals surface area contributed by atoms with Gasteiger partial charge >= 0.3 is 0 Å². The first-order valence-corrected chi connectivity index (χ1v) is 6.22. The first-order valence-electron chi connectivity index (χ1n) is 5.14. The summed E-state index contributed by atoms with van der Waals surface area (Å²) in [6.07, 6.45) is 0.834. The minimum absolute atomic E-state index is 0.132. The Morgan fingerprint density at radius 2 is 2.31 bits per heavy atom. The molecule has 1 aromatic rings. The van der Waals surface area contributed by atoms with Gasteiger partial charge in [-0.3, -0.25) is 4.79 Å².